The lowest BCUT2D eigenvalue weighted by Crippen LogP contribution is -2.10. The molecule has 3 nitrogen and oxygen atoms in total. The Kier molecular flexibility index (Phi) is 3.38. The number of rotatable bonds is 3. The van der Waals surface area contributed by atoms with Gasteiger partial charge in [-0.05, 0) is 31.5 Å². The van der Waals surface area contributed by atoms with Gasteiger partial charge in [-0.1, -0.05) is 23.7 Å². The quantitative estimate of drug-likeness (QED) is 0.902. The van der Waals surface area contributed by atoms with Gasteiger partial charge < -0.3 is 9.88 Å². The van der Waals surface area contributed by atoms with Crippen molar-refractivity contribution in [2.75, 3.05) is 5.32 Å². The number of hydrogen-bond donors (Lipinski definition) is 1. The number of hydrogen-bond acceptors (Lipinski definition) is 2. The molecular formula is C13H16ClN3. The molecule has 0 saturated heterocycles. The molecule has 0 aliphatic heterocycles. The summed E-state index contributed by atoms with van der Waals surface area (Å²) in [6.07, 6.45) is 2.00. The predicted molar refractivity (Wildman–Crippen MR) is 71.4 cm³/mol. The van der Waals surface area contributed by atoms with Gasteiger partial charge in [0.05, 0.1) is 11.7 Å². The molecule has 1 N–H and O–H groups in total. The van der Waals surface area contributed by atoms with Crippen molar-refractivity contribution in [2.45, 2.75) is 19.9 Å². The standard InChI is InChI=1S/C13H16ClN3/c1-9-8-17(3)13(15-9)16-10(2)11-4-6-12(14)7-5-11/h4-8,10H,1-3H3,(H,15,16). The van der Waals surface area contributed by atoms with Crippen molar-refractivity contribution in [3.8, 4) is 0 Å². The van der Waals surface area contributed by atoms with Crippen LogP contribution in [-0.4, -0.2) is 9.55 Å². The summed E-state index contributed by atoms with van der Waals surface area (Å²) in [4.78, 5) is 4.42. The zero-order valence-corrected chi connectivity index (χ0v) is 11.0. The SMILES string of the molecule is Cc1cn(C)c(NC(C)c2ccc(Cl)cc2)n1. The number of halogens is 1. The Labute approximate surface area is 106 Å². The summed E-state index contributed by atoms with van der Waals surface area (Å²) in [5.74, 6) is 0.880. The van der Waals surface area contributed by atoms with Crippen molar-refractivity contribution in [1.82, 2.24) is 9.55 Å². The number of aryl methyl sites for hydroxylation is 2. The van der Waals surface area contributed by atoms with Gasteiger partial charge in [-0.2, -0.15) is 0 Å². The van der Waals surface area contributed by atoms with Gasteiger partial charge in [-0.25, -0.2) is 4.98 Å². The molecule has 1 aromatic heterocycles. The van der Waals surface area contributed by atoms with Crippen LogP contribution >= 0.6 is 11.6 Å². The van der Waals surface area contributed by atoms with E-state index in [1.807, 2.05) is 49.0 Å². The molecule has 2 aromatic rings. The monoisotopic (exact) mass is 249 g/mol. The molecule has 1 heterocycles. The van der Waals surface area contributed by atoms with Crippen LogP contribution < -0.4 is 5.32 Å². The maximum absolute atomic E-state index is 5.87. The highest BCUT2D eigenvalue weighted by molar-refractivity contribution is 6.30. The minimum atomic E-state index is 0.202. The Bertz CT molecular complexity index is 502. The summed E-state index contributed by atoms with van der Waals surface area (Å²) in [6.45, 7) is 4.09. The third-order valence-corrected chi connectivity index (χ3v) is 2.96. The molecule has 0 radical (unpaired) electrons. The van der Waals surface area contributed by atoms with Gasteiger partial charge in [0.25, 0.3) is 0 Å². The summed E-state index contributed by atoms with van der Waals surface area (Å²) in [5.41, 5.74) is 2.20. The first-order valence-electron chi connectivity index (χ1n) is 5.58. The van der Waals surface area contributed by atoms with Crippen molar-refractivity contribution in [1.29, 1.82) is 0 Å². The first kappa shape index (κ1) is 12.0. The van der Waals surface area contributed by atoms with Crippen LogP contribution in [0.3, 0.4) is 0 Å². The Balaban J connectivity index is 2.13. The van der Waals surface area contributed by atoms with E-state index in [4.69, 9.17) is 11.6 Å². The molecule has 17 heavy (non-hydrogen) atoms. The molecular weight excluding hydrogens is 234 g/mol. The second kappa shape index (κ2) is 4.80. The maximum atomic E-state index is 5.87. The van der Waals surface area contributed by atoms with Gasteiger partial charge >= 0.3 is 0 Å². The fraction of sp³-hybridized carbons (Fsp3) is 0.308. The van der Waals surface area contributed by atoms with E-state index < -0.39 is 0 Å². The molecule has 1 unspecified atom stereocenters. The second-order valence-corrected chi connectivity index (χ2v) is 4.67. The van der Waals surface area contributed by atoms with Crippen LogP contribution in [0.1, 0.15) is 24.2 Å². The minimum absolute atomic E-state index is 0.202. The molecule has 1 atom stereocenters. The lowest BCUT2D eigenvalue weighted by molar-refractivity contribution is 0.823. The van der Waals surface area contributed by atoms with Gasteiger partial charge in [0.1, 0.15) is 0 Å². The minimum Gasteiger partial charge on any atom is -0.349 e. The molecule has 0 saturated carbocycles. The van der Waals surface area contributed by atoms with E-state index in [0.29, 0.717) is 0 Å². The summed E-state index contributed by atoms with van der Waals surface area (Å²) >= 11 is 5.87. The van der Waals surface area contributed by atoms with Crippen LogP contribution in [0.4, 0.5) is 5.95 Å². The van der Waals surface area contributed by atoms with Crippen molar-refractivity contribution >= 4 is 17.5 Å². The fourth-order valence-corrected chi connectivity index (χ4v) is 1.90. The van der Waals surface area contributed by atoms with Gasteiger partial charge in [0.2, 0.25) is 5.95 Å². The van der Waals surface area contributed by atoms with Gasteiger partial charge in [-0.15, -0.1) is 0 Å². The molecule has 0 aliphatic carbocycles. The molecule has 0 spiro atoms. The van der Waals surface area contributed by atoms with Crippen molar-refractivity contribution in [3.05, 3.63) is 46.7 Å². The maximum Gasteiger partial charge on any atom is 0.203 e. The smallest absolute Gasteiger partial charge is 0.203 e. The van der Waals surface area contributed by atoms with Crippen LogP contribution in [0.2, 0.25) is 5.02 Å². The highest BCUT2D eigenvalue weighted by atomic mass is 35.5. The second-order valence-electron chi connectivity index (χ2n) is 4.23. The average Bonchev–Trinajstić information content (AvgIpc) is 2.58. The molecule has 0 fully saturated rings. The zero-order valence-electron chi connectivity index (χ0n) is 10.2. The molecule has 4 heteroatoms. The summed E-state index contributed by atoms with van der Waals surface area (Å²) in [6, 6.07) is 8.05. The van der Waals surface area contributed by atoms with E-state index >= 15 is 0 Å². The van der Waals surface area contributed by atoms with E-state index in [1.54, 1.807) is 0 Å². The topological polar surface area (TPSA) is 29.9 Å². The summed E-state index contributed by atoms with van der Waals surface area (Å²) in [7, 11) is 1.98. The number of nitrogens with one attached hydrogen (secondary N) is 1. The summed E-state index contributed by atoms with van der Waals surface area (Å²) < 4.78 is 1.99. The van der Waals surface area contributed by atoms with E-state index in [9.17, 15) is 0 Å². The number of aromatic nitrogens is 2. The number of benzene rings is 1. The van der Waals surface area contributed by atoms with Crippen LogP contribution in [0.15, 0.2) is 30.5 Å². The van der Waals surface area contributed by atoms with E-state index in [1.165, 1.54) is 5.56 Å². The predicted octanol–water partition coefficient (Wildman–Crippen LogP) is 3.56. The lowest BCUT2D eigenvalue weighted by atomic mass is 10.1. The van der Waals surface area contributed by atoms with Crippen LogP contribution in [0.25, 0.3) is 0 Å². The third-order valence-electron chi connectivity index (χ3n) is 2.71. The Hall–Kier alpha value is -1.48. The lowest BCUT2D eigenvalue weighted by Gasteiger charge is -2.15. The van der Waals surface area contributed by atoms with E-state index in [0.717, 1.165) is 16.7 Å². The first-order valence-corrected chi connectivity index (χ1v) is 5.96. The Morgan fingerprint density at radius 2 is 1.94 bits per heavy atom. The Morgan fingerprint density at radius 3 is 2.47 bits per heavy atom. The molecule has 0 aliphatic rings. The van der Waals surface area contributed by atoms with Crippen LogP contribution in [0.5, 0.6) is 0 Å². The molecule has 1 aromatic carbocycles. The zero-order chi connectivity index (χ0) is 12.4. The number of nitrogens with zero attached hydrogens (tertiary/aromatic N) is 2. The number of anilines is 1. The molecule has 2 rings (SSSR count). The van der Waals surface area contributed by atoms with Crippen LogP contribution in [0, 0.1) is 6.92 Å². The highest BCUT2D eigenvalue weighted by Gasteiger charge is 2.08. The largest absolute Gasteiger partial charge is 0.349 e. The fourth-order valence-electron chi connectivity index (χ4n) is 1.78. The van der Waals surface area contributed by atoms with Crippen molar-refractivity contribution < 1.29 is 0 Å². The van der Waals surface area contributed by atoms with Gasteiger partial charge in [0.15, 0.2) is 0 Å². The third kappa shape index (κ3) is 2.80. The molecule has 90 valence electrons. The molecule has 0 bridgehead atoms. The van der Waals surface area contributed by atoms with Crippen molar-refractivity contribution in [2.24, 2.45) is 7.05 Å². The van der Waals surface area contributed by atoms with E-state index in [2.05, 4.69) is 17.2 Å². The highest BCUT2D eigenvalue weighted by Crippen LogP contribution is 2.20. The Morgan fingerprint density at radius 1 is 1.29 bits per heavy atom. The van der Waals surface area contributed by atoms with E-state index in [-0.39, 0.29) is 6.04 Å². The average molecular weight is 250 g/mol. The van der Waals surface area contributed by atoms with Crippen LogP contribution in [-0.2, 0) is 7.05 Å². The first-order chi connectivity index (χ1) is 8.06. The molecule has 0 amide bonds. The van der Waals surface area contributed by atoms with Crippen molar-refractivity contribution in [3.63, 3.8) is 0 Å². The normalized spacial score (nSPS) is 12.5. The van der Waals surface area contributed by atoms with Gasteiger partial charge in [-0.3, -0.25) is 0 Å². The number of imidazole rings is 1. The summed E-state index contributed by atoms with van der Waals surface area (Å²) in [5, 5.41) is 4.13. The van der Waals surface area contributed by atoms with Gasteiger partial charge in [0, 0.05) is 18.3 Å².